The third kappa shape index (κ3) is 2.57. The van der Waals surface area contributed by atoms with Crippen LogP contribution in [0, 0.1) is 13.8 Å². The fraction of sp³-hybridized carbons (Fsp3) is 0.308. The summed E-state index contributed by atoms with van der Waals surface area (Å²) in [7, 11) is 1.90. The Morgan fingerprint density at radius 3 is 2.61 bits per heavy atom. The topological polar surface area (TPSA) is 53.1 Å². The van der Waals surface area contributed by atoms with Crippen molar-refractivity contribution in [1.29, 1.82) is 0 Å². The van der Waals surface area contributed by atoms with Gasteiger partial charge >= 0.3 is 0 Å². The third-order valence-corrected chi connectivity index (χ3v) is 3.29. The van der Waals surface area contributed by atoms with E-state index in [0.29, 0.717) is 6.54 Å². The van der Waals surface area contributed by atoms with Crippen molar-refractivity contribution in [3.63, 3.8) is 0 Å². The minimum atomic E-state index is 0.487. The zero-order valence-corrected chi connectivity index (χ0v) is 12.3. The summed E-state index contributed by atoms with van der Waals surface area (Å²) >= 11 is 3.45. The maximum atomic E-state index is 5.92. The zero-order valence-electron chi connectivity index (χ0n) is 10.7. The van der Waals surface area contributed by atoms with Gasteiger partial charge in [0.15, 0.2) is 5.75 Å². The van der Waals surface area contributed by atoms with E-state index in [4.69, 9.17) is 10.5 Å². The van der Waals surface area contributed by atoms with Crippen LogP contribution in [0.5, 0.6) is 11.5 Å². The molecule has 0 aliphatic rings. The molecule has 0 spiro atoms. The lowest BCUT2D eigenvalue weighted by Crippen LogP contribution is -1.97. The van der Waals surface area contributed by atoms with Crippen molar-refractivity contribution >= 4 is 15.9 Å². The van der Waals surface area contributed by atoms with Gasteiger partial charge in [0, 0.05) is 18.1 Å². The molecule has 1 aromatic heterocycles. The Hall–Kier alpha value is -1.33. The minimum Gasteiger partial charge on any atom is -0.453 e. The molecule has 2 N–H and O–H groups in total. The van der Waals surface area contributed by atoms with Crippen molar-refractivity contribution in [3.05, 3.63) is 39.6 Å². The van der Waals surface area contributed by atoms with Crippen molar-refractivity contribution < 1.29 is 4.74 Å². The van der Waals surface area contributed by atoms with E-state index in [0.717, 1.165) is 32.9 Å². The number of ether oxygens (including phenoxy) is 1. The zero-order chi connectivity index (χ0) is 13.3. The maximum absolute atomic E-state index is 5.92. The summed E-state index contributed by atoms with van der Waals surface area (Å²) in [5.41, 5.74) is 8.56. The highest BCUT2D eigenvalue weighted by Gasteiger charge is 2.12. The molecule has 0 aliphatic heterocycles. The molecule has 0 radical (unpaired) electrons. The first-order chi connectivity index (χ1) is 8.51. The van der Waals surface area contributed by atoms with Crippen molar-refractivity contribution in [2.75, 3.05) is 0 Å². The number of hydrogen-bond acceptors (Lipinski definition) is 3. The second-order valence-electron chi connectivity index (χ2n) is 4.22. The molecule has 0 bridgehead atoms. The Balaban J connectivity index is 2.36. The number of hydrogen-bond donors (Lipinski definition) is 1. The van der Waals surface area contributed by atoms with Crippen molar-refractivity contribution in [3.8, 4) is 11.5 Å². The summed E-state index contributed by atoms with van der Waals surface area (Å²) < 4.78 is 8.69. The second-order valence-corrected chi connectivity index (χ2v) is 5.14. The number of halogens is 1. The fourth-order valence-electron chi connectivity index (χ4n) is 1.82. The molecular weight excluding hydrogens is 294 g/mol. The van der Waals surface area contributed by atoms with Crippen LogP contribution in [-0.2, 0) is 13.6 Å². The van der Waals surface area contributed by atoms with Crippen LogP contribution in [0.1, 0.15) is 17.0 Å². The molecule has 18 heavy (non-hydrogen) atoms. The van der Waals surface area contributed by atoms with Gasteiger partial charge in [0.25, 0.3) is 0 Å². The van der Waals surface area contributed by atoms with Gasteiger partial charge in [-0.3, -0.25) is 4.68 Å². The van der Waals surface area contributed by atoms with Gasteiger partial charge in [-0.1, -0.05) is 15.9 Å². The monoisotopic (exact) mass is 309 g/mol. The molecule has 4 nitrogen and oxygen atoms in total. The number of aromatic nitrogens is 2. The Morgan fingerprint density at radius 1 is 1.33 bits per heavy atom. The average molecular weight is 310 g/mol. The van der Waals surface area contributed by atoms with Gasteiger partial charge in [0.1, 0.15) is 11.4 Å². The molecule has 1 aromatic carbocycles. The van der Waals surface area contributed by atoms with E-state index in [1.807, 2.05) is 43.8 Å². The molecule has 0 amide bonds. The number of benzene rings is 1. The van der Waals surface area contributed by atoms with Crippen molar-refractivity contribution in [2.24, 2.45) is 12.8 Å². The Bertz CT molecular complexity index is 578. The van der Waals surface area contributed by atoms with E-state index in [-0.39, 0.29) is 0 Å². The smallest absolute Gasteiger partial charge is 0.171 e. The molecule has 0 unspecified atom stereocenters. The first kappa shape index (κ1) is 13.1. The number of nitrogens with zero attached hydrogens (tertiary/aromatic N) is 2. The summed E-state index contributed by atoms with van der Waals surface area (Å²) in [5, 5.41) is 4.33. The molecule has 0 aliphatic carbocycles. The quantitative estimate of drug-likeness (QED) is 0.948. The lowest BCUT2D eigenvalue weighted by molar-refractivity contribution is 0.473. The average Bonchev–Trinajstić information content (AvgIpc) is 2.55. The molecule has 2 rings (SSSR count). The Labute approximate surface area is 115 Å². The highest BCUT2D eigenvalue weighted by atomic mass is 79.9. The van der Waals surface area contributed by atoms with Crippen LogP contribution in [0.15, 0.2) is 22.7 Å². The molecule has 0 atom stereocenters. The van der Waals surface area contributed by atoms with Crippen LogP contribution in [0.2, 0.25) is 0 Å². The Kier molecular flexibility index (Phi) is 3.73. The van der Waals surface area contributed by atoms with Gasteiger partial charge in [-0.15, -0.1) is 0 Å². The lowest BCUT2D eigenvalue weighted by atomic mass is 10.2. The van der Waals surface area contributed by atoms with Crippen LogP contribution < -0.4 is 10.5 Å². The Morgan fingerprint density at radius 2 is 2.06 bits per heavy atom. The lowest BCUT2D eigenvalue weighted by Gasteiger charge is -2.08. The fourth-order valence-corrected chi connectivity index (χ4v) is 2.34. The molecule has 0 saturated heterocycles. The van der Waals surface area contributed by atoms with Crippen LogP contribution in [0.3, 0.4) is 0 Å². The summed E-state index contributed by atoms with van der Waals surface area (Å²) in [6.07, 6.45) is 0. The first-order valence-electron chi connectivity index (χ1n) is 5.69. The number of nitrogens with two attached hydrogens (primary N) is 1. The van der Waals surface area contributed by atoms with Gasteiger partial charge in [-0.05, 0) is 37.6 Å². The summed E-state index contributed by atoms with van der Waals surface area (Å²) in [4.78, 5) is 0. The predicted octanol–water partition coefficient (Wildman–Crippen LogP) is 3.05. The normalized spacial score (nSPS) is 10.7. The minimum absolute atomic E-state index is 0.487. The highest BCUT2D eigenvalue weighted by molar-refractivity contribution is 9.10. The van der Waals surface area contributed by atoms with Gasteiger partial charge in [0.2, 0.25) is 0 Å². The standard InChI is InChI=1S/C13H16BrN3O/c1-8-13(9(2)17(3)16-8)18-12-5-10(7-15)4-11(14)6-12/h4-6H,7,15H2,1-3H3. The van der Waals surface area contributed by atoms with E-state index < -0.39 is 0 Å². The molecular formula is C13H16BrN3O. The van der Waals surface area contributed by atoms with E-state index >= 15 is 0 Å². The largest absolute Gasteiger partial charge is 0.453 e. The summed E-state index contributed by atoms with van der Waals surface area (Å²) in [6, 6.07) is 5.84. The van der Waals surface area contributed by atoms with Crippen LogP contribution >= 0.6 is 15.9 Å². The van der Waals surface area contributed by atoms with E-state index in [9.17, 15) is 0 Å². The molecule has 2 aromatic rings. The highest BCUT2D eigenvalue weighted by Crippen LogP contribution is 2.30. The SMILES string of the molecule is Cc1nn(C)c(C)c1Oc1cc(Br)cc(CN)c1. The van der Waals surface area contributed by atoms with E-state index in [1.54, 1.807) is 0 Å². The van der Waals surface area contributed by atoms with Gasteiger partial charge < -0.3 is 10.5 Å². The van der Waals surface area contributed by atoms with E-state index in [1.165, 1.54) is 0 Å². The van der Waals surface area contributed by atoms with Crippen LogP contribution in [0.4, 0.5) is 0 Å². The molecule has 5 heteroatoms. The number of rotatable bonds is 3. The second kappa shape index (κ2) is 5.12. The van der Waals surface area contributed by atoms with Crippen LogP contribution in [0.25, 0.3) is 0 Å². The molecule has 0 fully saturated rings. The van der Waals surface area contributed by atoms with Crippen LogP contribution in [-0.4, -0.2) is 9.78 Å². The van der Waals surface area contributed by atoms with Gasteiger partial charge in [-0.25, -0.2) is 0 Å². The number of aryl methyl sites for hydroxylation is 2. The summed E-state index contributed by atoms with van der Waals surface area (Å²) in [6.45, 7) is 4.40. The molecule has 0 saturated carbocycles. The van der Waals surface area contributed by atoms with Gasteiger partial charge in [-0.2, -0.15) is 5.10 Å². The maximum Gasteiger partial charge on any atom is 0.171 e. The van der Waals surface area contributed by atoms with Crippen molar-refractivity contribution in [1.82, 2.24) is 9.78 Å². The van der Waals surface area contributed by atoms with E-state index in [2.05, 4.69) is 21.0 Å². The third-order valence-electron chi connectivity index (χ3n) is 2.83. The molecule has 96 valence electrons. The van der Waals surface area contributed by atoms with Gasteiger partial charge in [0.05, 0.1) is 5.69 Å². The first-order valence-corrected chi connectivity index (χ1v) is 6.48. The van der Waals surface area contributed by atoms with Crippen molar-refractivity contribution in [2.45, 2.75) is 20.4 Å². The predicted molar refractivity (Wildman–Crippen MR) is 74.8 cm³/mol. The molecule has 1 heterocycles. The summed E-state index contributed by atoms with van der Waals surface area (Å²) in [5.74, 6) is 1.57.